The predicted molar refractivity (Wildman–Crippen MR) is 81.0 cm³/mol. The van der Waals surface area contributed by atoms with Gasteiger partial charge in [0.2, 0.25) is 0 Å². The molecule has 1 fully saturated rings. The molecular weight excluding hydrogens is 264 g/mol. The Balaban J connectivity index is 1.76. The number of carbonyl (C=O) groups excluding carboxylic acids is 1. The first-order chi connectivity index (χ1) is 10.2. The zero-order valence-electron chi connectivity index (χ0n) is 12.3. The second-order valence-corrected chi connectivity index (χ2v) is 5.42. The molecule has 0 atom stereocenters. The monoisotopic (exact) mass is 282 g/mol. The van der Waals surface area contributed by atoms with E-state index in [9.17, 15) is 4.79 Å². The van der Waals surface area contributed by atoms with Crippen LogP contribution < -0.4 is 4.74 Å². The molecule has 2 aromatic rings. The fourth-order valence-corrected chi connectivity index (χ4v) is 2.36. The van der Waals surface area contributed by atoms with Crippen molar-refractivity contribution in [2.45, 2.75) is 25.7 Å². The number of hydrogen-bond donors (Lipinski definition) is 0. The van der Waals surface area contributed by atoms with Crippen molar-refractivity contribution in [1.82, 2.24) is 0 Å². The van der Waals surface area contributed by atoms with Crippen LogP contribution in [-0.4, -0.2) is 13.1 Å². The van der Waals surface area contributed by atoms with E-state index in [2.05, 4.69) is 12.1 Å². The van der Waals surface area contributed by atoms with Gasteiger partial charge in [-0.2, -0.15) is 0 Å². The highest BCUT2D eigenvalue weighted by molar-refractivity contribution is 5.89. The van der Waals surface area contributed by atoms with Crippen LogP contribution in [0.4, 0.5) is 0 Å². The summed E-state index contributed by atoms with van der Waals surface area (Å²) in [6.45, 7) is 1.92. The summed E-state index contributed by atoms with van der Waals surface area (Å²) in [7, 11) is 1.38. The van der Waals surface area contributed by atoms with Crippen LogP contribution in [0.25, 0.3) is 0 Å². The Hall–Kier alpha value is -2.29. The minimum Gasteiger partial charge on any atom is -0.465 e. The van der Waals surface area contributed by atoms with Crippen molar-refractivity contribution < 1.29 is 14.3 Å². The Morgan fingerprint density at radius 3 is 2.38 bits per heavy atom. The van der Waals surface area contributed by atoms with Gasteiger partial charge < -0.3 is 9.47 Å². The topological polar surface area (TPSA) is 35.5 Å². The van der Waals surface area contributed by atoms with Crippen LogP contribution in [0.1, 0.15) is 40.2 Å². The van der Waals surface area contributed by atoms with E-state index in [-0.39, 0.29) is 5.97 Å². The van der Waals surface area contributed by atoms with E-state index < -0.39 is 0 Å². The van der Waals surface area contributed by atoms with Gasteiger partial charge >= 0.3 is 5.97 Å². The van der Waals surface area contributed by atoms with Crippen LogP contribution in [0, 0.1) is 6.92 Å². The molecule has 1 saturated carbocycles. The van der Waals surface area contributed by atoms with E-state index in [0.29, 0.717) is 5.56 Å². The lowest BCUT2D eigenvalue weighted by atomic mass is 10.1. The molecule has 3 heteroatoms. The summed E-state index contributed by atoms with van der Waals surface area (Å²) in [4.78, 5) is 11.5. The number of carbonyl (C=O) groups is 1. The van der Waals surface area contributed by atoms with E-state index in [1.54, 1.807) is 18.2 Å². The van der Waals surface area contributed by atoms with Gasteiger partial charge in [0, 0.05) is 0 Å². The van der Waals surface area contributed by atoms with Crippen LogP contribution in [0.3, 0.4) is 0 Å². The molecule has 3 rings (SSSR count). The SMILES string of the molecule is COC(=O)c1ccc(Oc2ccc(C3CC3)cc2)c(C)c1. The zero-order valence-corrected chi connectivity index (χ0v) is 12.3. The third kappa shape index (κ3) is 3.07. The van der Waals surface area contributed by atoms with Crippen molar-refractivity contribution in [1.29, 1.82) is 0 Å². The van der Waals surface area contributed by atoms with Crippen molar-refractivity contribution in [3.8, 4) is 11.5 Å². The van der Waals surface area contributed by atoms with Gasteiger partial charge in [0.05, 0.1) is 12.7 Å². The molecule has 21 heavy (non-hydrogen) atoms. The standard InChI is InChI=1S/C18H18O3/c1-12-11-15(18(19)20-2)7-10-17(12)21-16-8-5-14(6-9-16)13-3-4-13/h5-11,13H,3-4H2,1-2H3. The van der Waals surface area contributed by atoms with E-state index in [4.69, 9.17) is 9.47 Å². The van der Waals surface area contributed by atoms with E-state index >= 15 is 0 Å². The molecule has 0 N–H and O–H groups in total. The zero-order chi connectivity index (χ0) is 14.8. The largest absolute Gasteiger partial charge is 0.465 e. The number of aryl methyl sites for hydroxylation is 1. The number of methoxy groups -OCH3 is 1. The number of benzene rings is 2. The second kappa shape index (κ2) is 5.60. The van der Waals surface area contributed by atoms with Crippen molar-refractivity contribution in [2.24, 2.45) is 0 Å². The summed E-state index contributed by atoms with van der Waals surface area (Å²) < 4.78 is 10.6. The maximum absolute atomic E-state index is 11.5. The van der Waals surface area contributed by atoms with Crippen LogP contribution in [-0.2, 0) is 4.74 Å². The minimum absolute atomic E-state index is 0.335. The molecule has 0 amide bonds. The minimum atomic E-state index is -0.335. The first-order valence-corrected chi connectivity index (χ1v) is 7.14. The summed E-state index contributed by atoms with van der Waals surface area (Å²) >= 11 is 0. The first-order valence-electron chi connectivity index (χ1n) is 7.14. The van der Waals surface area contributed by atoms with Gasteiger partial charge in [0.25, 0.3) is 0 Å². The summed E-state index contributed by atoms with van der Waals surface area (Å²) in [6, 6.07) is 13.6. The molecule has 0 aliphatic heterocycles. The van der Waals surface area contributed by atoms with Gasteiger partial charge in [-0.15, -0.1) is 0 Å². The maximum atomic E-state index is 11.5. The molecule has 1 aliphatic rings. The number of hydrogen-bond acceptors (Lipinski definition) is 3. The smallest absolute Gasteiger partial charge is 0.337 e. The Labute approximate surface area is 124 Å². The van der Waals surface area contributed by atoms with E-state index in [1.807, 2.05) is 19.1 Å². The summed E-state index contributed by atoms with van der Waals surface area (Å²) in [5.74, 6) is 1.98. The first kappa shape index (κ1) is 13.7. The highest BCUT2D eigenvalue weighted by atomic mass is 16.5. The summed E-state index contributed by atoms with van der Waals surface area (Å²) in [6.07, 6.45) is 2.60. The van der Waals surface area contributed by atoms with Crippen LogP contribution in [0.5, 0.6) is 11.5 Å². The molecule has 0 radical (unpaired) electrons. The van der Waals surface area contributed by atoms with Crippen molar-refractivity contribution in [3.05, 3.63) is 59.2 Å². The average molecular weight is 282 g/mol. The third-order valence-corrected chi connectivity index (χ3v) is 3.75. The molecule has 0 bridgehead atoms. The average Bonchev–Trinajstić information content (AvgIpc) is 3.34. The lowest BCUT2D eigenvalue weighted by molar-refractivity contribution is 0.0600. The molecule has 1 aliphatic carbocycles. The van der Waals surface area contributed by atoms with Gasteiger partial charge in [-0.05, 0) is 67.1 Å². The van der Waals surface area contributed by atoms with Crippen molar-refractivity contribution >= 4 is 5.97 Å². The highest BCUT2D eigenvalue weighted by Crippen LogP contribution is 2.40. The lowest BCUT2D eigenvalue weighted by Gasteiger charge is -2.10. The Bertz CT molecular complexity index is 655. The van der Waals surface area contributed by atoms with Gasteiger partial charge in [0.1, 0.15) is 11.5 Å². The Morgan fingerprint density at radius 1 is 1.10 bits per heavy atom. The highest BCUT2D eigenvalue weighted by Gasteiger charge is 2.23. The predicted octanol–water partition coefficient (Wildman–Crippen LogP) is 4.45. The normalized spacial score (nSPS) is 13.8. The number of rotatable bonds is 4. The summed E-state index contributed by atoms with van der Waals surface area (Å²) in [5, 5.41) is 0. The Morgan fingerprint density at radius 2 is 1.81 bits per heavy atom. The van der Waals surface area contributed by atoms with Gasteiger partial charge in [-0.3, -0.25) is 0 Å². The van der Waals surface area contributed by atoms with Crippen LogP contribution >= 0.6 is 0 Å². The fourth-order valence-electron chi connectivity index (χ4n) is 2.36. The number of esters is 1. The van der Waals surface area contributed by atoms with Gasteiger partial charge in [0.15, 0.2) is 0 Å². The summed E-state index contributed by atoms with van der Waals surface area (Å²) in [5.41, 5.74) is 2.83. The molecular formula is C18H18O3. The number of ether oxygens (including phenoxy) is 2. The molecule has 2 aromatic carbocycles. The molecule has 3 nitrogen and oxygen atoms in total. The van der Waals surface area contributed by atoms with E-state index in [0.717, 1.165) is 23.0 Å². The fraction of sp³-hybridized carbons (Fsp3) is 0.278. The molecule has 108 valence electrons. The molecule has 0 heterocycles. The van der Waals surface area contributed by atoms with Crippen LogP contribution in [0.15, 0.2) is 42.5 Å². The second-order valence-electron chi connectivity index (χ2n) is 5.42. The quantitative estimate of drug-likeness (QED) is 0.777. The van der Waals surface area contributed by atoms with Crippen molar-refractivity contribution in [2.75, 3.05) is 7.11 Å². The molecule has 0 spiro atoms. The maximum Gasteiger partial charge on any atom is 0.337 e. The van der Waals surface area contributed by atoms with Gasteiger partial charge in [-0.25, -0.2) is 4.79 Å². The lowest BCUT2D eigenvalue weighted by Crippen LogP contribution is -2.01. The van der Waals surface area contributed by atoms with E-state index in [1.165, 1.54) is 25.5 Å². The van der Waals surface area contributed by atoms with Crippen LogP contribution in [0.2, 0.25) is 0 Å². The Kier molecular flexibility index (Phi) is 3.65. The van der Waals surface area contributed by atoms with Gasteiger partial charge in [-0.1, -0.05) is 12.1 Å². The van der Waals surface area contributed by atoms with Crippen molar-refractivity contribution in [3.63, 3.8) is 0 Å². The molecule has 0 unspecified atom stereocenters. The molecule has 0 aromatic heterocycles. The third-order valence-electron chi connectivity index (χ3n) is 3.75. The molecule has 0 saturated heterocycles.